The molecule has 1 aliphatic rings. The van der Waals surface area contributed by atoms with Gasteiger partial charge >= 0.3 is 0 Å². The Bertz CT molecular complexity index is 2330. The lowest BCUT2D eigenvalue weighted by molar-refractivity contribution is 0.247. The summed E-state index contributed by atoms with van der Waals surface area (Å²) in [7, 11) is 0. The second-order valence-corrected chi connectivity index (χ2v) is 12.4. The molecule has 5 heteroatoms. The van der Waals surface area contributed by atoms with Gasteiger partial charge in [-0.25, -0.2) is 4.98 Å². The Morgan fingerprint density at radius 1 is 0.553 bits per heavy atom. The van der Waals surface area contributed by atoms with Gasteiger partial charge in [-0.3, -0.25) is 15.6 Å². The number of hydrogen-bond donors (Lipinski definition) is 2. The summed E-state index contributed by atoms with van der Waals surface area (Å²) >= 11 is 0. The molecule has 0 aliphatic carbocycles. The van der Waals surface area contributed by atoms with Crippen LogP contribution in [-0.4, -0.2) is 9.97 Å². The summed E-state index contributed by atoms with van der Waals surface area (Å²) in [5.74, 6) is 0. The van der Waals surface area contributed by atoms with Crippen molar-refractivity contribution in [3.63, 3.8) is 0 Å². The Balaban J connectivity index is 1.02. The molecule has 0 bridgehead atoms. The number of nitrogens with one attached hydrogen (secondary N) is 2. The Hall–Kier alpha value is -5.62. The van der Waals surface area contributed by atoms with E-state index in [0.29, 0.717) is 5.71 Å². The van der Waals surface area contributed by atoms with Gasteiger partial charge in [-0.15, -0.1) is 0 Å². The summed E-state index contributed by atoms with van der Waals surface area (Å²) in [6.45, 7) is 0. The molecule has 226 valence electrons. The van der Waals surface area contributed by atoms with Crippen LogP contribution in [-0.2, 0) is 0 Å². The third-order valence-corrected chi connectivity index (χ3v) is 9.46. The van der Waals surface area contributed by atoms with Gasteiger partial charge in [0, 0.05) is 40.6 Å². The Labute approximate surface area is 272 Å². The van der Waals surface area contributed by atoms with Crippen LogP contribution in [0.3, 0.4) is 0 Å². The average molecular weight is 609 g/mol. The van der Waals surface area contributed by atoms with Crippen molar-refractivity contribution >= 4 is 33.0 Å². The SMILES string of the molecule is c1ccc(C2NC(c3ccc(-c4cccnc4)cc3)CC(c3ccc(-c4ccc5oc6nc7ccccc7cc6c5c4)cc3)N2)cc1. The van der Waals surface area contributed by atoms with Gasteiger partial charge in [0.25, 0.3) is 0 Å². The molecular formula is C42H32N4O. The van der Waals surface area contributed by atoms with Crippen molar-refractivity contribution in [1.82, 2.24) is 20.6 Å². The molecule has 0 radical (unpaired) electrons. The third kappa shape index (κ3) is 5.26. The highest BCUT2D eigenvalue weighted by atomic mass is 16.3. The van der Waals surface area contributed by atoms with Crippen molar-refractivity contribution in [2.75, 3.05) is 0 Å². The van der Waals surface area contributed by atoms with Crippen molar-refractivity contribution in [3.05, 3.63) is 169 Å². The van der Waals surface area contributed by atoms with Crippen LogP contribution in [0.4, 0.5) is 0 Å². The van der Waals surface area contributed by atoms with E-state index in [1.165, 1.54) is 27.8 Å². The van der Waals surface area contributed by atoms with E-state index in [4.69, 9.17) is 9.40 Å². The van der Waals surface area contributed by atoms with E-state index >= 15 is 0 Å². The molecule has 3 unspecified atom stereocenters. The molecule has 5 aromatic carbocycles. The monoisotopic (exact) mass is 608 g/mol. The van der Waals surface area contributed by atoms with Crippen molar-refractivity contribution in [3.8, 4) is 22.3 Å². The molecule has 0 spiro atoms. The van der Waals surface area contributed by atoms with Crippen LogP contribution in [0.25, 0.3) is 55.2 Å². The summed E-state index contributed by atoms with van der Waals surface area (Å²) in [6, 6.07) is 49.8. The maximum atomic E-state index is 6.14. The van der Waals surface area contributed by atoms with Crippen LogP contribution >= 0.6 is 0 Å². The molecule has 8 aromatic rings. The summed E-state index contributed by atoms with van der Waals surface area (Å²) in [5, 5.41) is 11.0. The number of hydrogen-bond acceptors (Lipinski definition) is 5. The minimum Gasteiger partial charge on any atom is -0.438 e. The lowest BCUT2D eigenvalue weighted by Crippen LogP contribution is -2.45. The maximum Gasteiger partial charge on any atom is 0.227 e. The fourth-order valence-corrected chi connectivity index (χ4v) is 6.96. The Morgan fingerprint density at radius 3 is 1.96 bits per heavy atom. The highest BCUT2D eigenvalue weighted by Crippen LogP contribution is 2.37. The van der Waals surface area contributed by atoms with Crippen LogP contribution in [0.1, 0.15) is 41.4 Å². The lowest BCUT2D eigenvalue weighted by atomic mass is 9.89. The van der Waals surface area contributed by atoms with E-state index in [1.54, 1.807) is 0 Å². The number of para-hydroxylation sites is 1. The molecule has 3 aromatic heterocycles. The number of pyridine rings is 2. The zero-order valence-corrected chi connectivity index (χ0v) is 25.7. The first kappa shape index (κ1) is 27.7. The molecule has 1 saturated heterocycles. The van der Waals surface area contributed by atoms with Crippen molar-refractivity contribution in [2.45, 2.75) is 24.7 Å². The molecule has 1 aliphatic heterocycles. The van der Waals surface area contributed by atoms with Crippen molar-refractivity contribution in [1.29, 1.82) is 0 Å². The number of rotatable bonds is 5. The van der Waals surface area contributed by atoms with Gasteiger partial charge in [-0.1, -0.05) is 109 Å². The number of fused-ring (bicyclic) bond motifs is 4. The van der Waals surface area contributed by atoms with E-state index in [2.05, 4.69) is 131 Å². The number of nitrogens with zero attached hydrogens (tertiary/aromatic N) is 2. The van der Waals surface area contributed by atoms with E-state index in [1.807, 2.05) is 36.7 Å². The van der Waals surface area contributed by atoms with E-state index in [-0.39, 0.29) is 18.2 Å². The zero-order valence-electron chi connectivity index (χ0n) is 25.7. The fraction of sp³-hybridized carbons (Fsp3) is 0.0952. The molecule has 4 heterocycles. The number of furan rings is 1. The van der Waals surface area contributed by atoms with Gasteiger partial charge in [0.2, 0.25) is 5.71 Å². The standard InChI is InChI=1S/C42H32N4O/c1-2-7-31(8-3-1)41-44-38(25-39(45-41)30-18-14-28(15-19-30)34-10-6-22-43-26-34)29-16-12-27(13-17-29)32-20-21-40-35(23-32)36-24-33-9-4-5-11-37(33)46-42(36)47-40/h1-24,26,38-39,41,44-45H,25H2. The highest BCUT2D eigenvalue weighted by molar-refractivity contribution is 6.08. The van der Waals surface area contributed by atoms with Gasteiger partial charge in [0.15, 0.2) is 0 Å². The first-order valence-corrected chi connectivity index (χ1v) is 16.1. The van der Waals surface area contributed by atoms with Crippen LogP contribution in [0, 0.1) is 0 Å². The first-order chi connectivity index (χ1) is 23.2. The predicted octanol–water partition coefficient (Wildman–Crippen LogP) is 9.93. The average Bonchev–Trinajstić information content (AvgIpc) is 3.51. The van der Waals surface area contributed by atoms with Crippen LogP contribution in [0.2, 0.25) is 0 Å². The van der Waals surface area contributed by atoms with Gasteiger partial charge in [0.05, 0.1) is 11.7 Å². The quantitative estimate of drug-likeness (QED) is 0.204. The van der Waals surface area contributed by atoms with Gasteiger partial charge in [-0.2, -0.15) is 0 Å². The summed E-state index contributed by atoms with van der Waals surface area (Å²) in [5.41, 5.74) is 10.9. The van der Waals surface area contributed by atoms with Gasteiger partial charge in [0.1, 0.15) is 5.58 Å². The fourth-order valence-electron chi connectivity index (χ4n) is 6.96. The first-order valence-electron chi connectivity index (χ1n) is 16.1. The van der Waals surface area contributed by atoms with Crippen LogP contribution in [0.15, 0.2) is 156 Å². The topological polar surface area (TPSA) is 63.0 Å². The predicted molar refractivity (Wildman–Crippen MR) is 190 cm³/mol. The van der Waals surface area contributed by atoms with E-state index < -0.39 is 0 Å². The minimum atomic E-state index is 0.0269. The van der Waals surface area contributed by atoms with Crippen molar-refractivity contribution in [2.24, 2.45) is 0 Å². The molecule has 2 N–H and O–H groups in total. The zero-order chi connectivity index (χ0) is 31.2. The molecule has 47 heavy (non-hydrogen) atoms. The van der Waals surface area contributed by atoms with Crippen molar-refractivity contribution < 1.29 is 4.42 Å². The number of aromatic nitrogens is 2. The Morgan fingerprint density at radius 2 is 1.23 bits per heavy atom. The third-order valence-electron chi connectivity index (χ3n) is 9.46. The summed E-state index contributed by atoms with van der Waals surface area (Å²) in [6.07, 6.45) is 4.69. The summed E-state index contributed by atoms with van der Waals surface area (Å²) in [4.78, 5) is 9.06. The molecule has 9 rings (SSSR count). The molecule has 3 atom stereocenters. The van der Waals surface area contributed by atoms with E-state index in [0.717, 1.165) is 44.8 Å². The smallest absolute Gasteiger partial charge is 0.227 e. The summed E-state index contributed by atoms with van der Waals surface area (Å²) < 4.78 is 6.14. The molecule has 0 saturated carbocycles. The normalized spacial score (nSPS) is 18.2. The van der Waals surface area contributed by atoms with Gasteiger partial charge < -0.3 is 4.42 Å². The van der Waals surface area contributed by atoms with E-state index in [9.17, 15) is 0 Å². The highest BCUT2D eigenvalue weighted by Gasteiger charge is 2.30. The Kier molecular flexibility index (Phi) is 6.85. The largest absolute Gasteiger partial charge is 0.438 e. The maximum absolute atomic E-state index is 6.14. The van der Waals surface area contributed by atoms with Gasteiger partial charge in [-0.05, 0) is 75.7 Å². The minimum absolute atomic E-state index is 0.0269. The molecular weight excluding hydrogens is 576 g/mol. The molecule has 0 amide bonds. The molecule has 1 fully saturated rings. The number of benzene rings is 5. The lowest BCUT2D eigenvalue weighted by Gasteiger charge is -2.38. The van der Waals surface area contributed by atoms with Crippen LogP contribution in [0.5, 0.6) is 0 Å². The van der Waals surface area contributed by atoms with Crippen LogP contribution < -0.4 is 10.6 Å². The second-order valence-electron chi connectivity index (χ2n) is 12.4. The second kappa shape index (κ2) is 11.6. The molecule has 5 nitrogen and oxygen atoms in total.